The summed E-state index contributed by atoms with van der Waals surface area (Å²) in [5.41, 5.74) is 3.05. The molecule has 0 aromatic carbocycles. The zero-order chi connectivity index (χ0) is 16.4. The van der Waals surface area contributed by atoms with Gasteiger partial charge in [-0.2, -0.15) is 5.10 Å². The van der Waals surface area contributed by atoms with Crippen molar-refractivity contribution in [3.63, 3.8) is 0 Å². The molecular weight excluding hydrogens is 290 g/mol. The number of nitrogens with zero attached hydrogens (tertiary/aromatic N) is 4. The molecule has 0 unspecified atom stereocenters. The number of nitrogens with one attached hydrogen (secondary N) is 1. The molecule has 6 nitrogen and oxygen atoms in total. The van der Waals surface area contributed by atoms with Crippen LogP contribution >= 0.6 is 0 Å². The lowest BCUT2D eigenvalue weighted by atomic mass is 9.97. The van der Waals surface area contributed by atoms with Crippen LogP contribution in [0.3, 0.4) is 0 Å². The Morgan fingerprint density at radius 3 is 2.78 bits per heavy atom. The normalized spacial score (nSPS) is 18.0. The Balaban J connectivity index is 1.77. The number of amides is 1. The first-order valence-corrected chi connectivity index (χ1v) is 8.04. The number of rotatable bonds is 3. The van der Waals surface area contributed by atoms with Crippen LogP contribution < -0.4 is 10.2 Å². The van der Waals surface area contributed by atoms with Gasteiger partial charge in [0, 0.05) is 25.8 Å². The van der Waals surface area contributed by atoms with Gasteiger partial charge in [0.25, 0.3) is 0 Å². The maximum absolute atomic E-state index is 11.9. The van der Waals surface area contributed by atoms with Crippen LogP contribution in [0, 0.1) is 19.8 Å². The van der Waals surface area contributed by atoms with Crippen LogP contribution in [-0.4, -0.2) is 40.8 Å². The lowest BCUT2D eigenvalue weighted by molar-refractivity contribution is -0.124. The zero-order valence-electron chi connectivity index (χ0n) is 13.9. The topological polar surface area (TPSA) is 63.1 Å². The van der Waals surface area contributed by atoms with E-state index in [9.17, 15) is 4.79 Å². The monoisotopic (exact) mass is 313 g/mol. The minimum absolute atomic E-state index is 0.0474. The molecule has 2 aromatic rings. The van der Waals surface area contributed by atoms with Crippen LogP contribution in [0.5, 0.6) is 0 Å². The zero-order valence-corrected chi connectivity index (χ0v) is 13.9. The summed E-state index contributed by atoms with van der Waals surface area (Å²) in [5.74, 6) is 1.09. The summed E-state index contributed by atoms with van der Waals surface area (Å²) in [7, 11) is 1.70. The molecule has 2 aromatic heterocycles. The third kappa shape index (κ3) is 3.21. The molecule has 1 atom stereocenters. The van der Waals surface area contributed by atoms with Crippen molar-refractivity contribution < 1.29 is 4.79 Å². The molecule has 23 heavy (non-hydrogen) atoms. The molecule has 1 aliphatic rings. The van der Waals surface area contributed by atoms with E-state index in [4.69, 9.17) is 0 Å². The van der Waals surface area contributed by atoms with Crippen molar-refractivity contribution in [3.05, 3.63) is 35.8 Å². The molecule has 0 radical (unpaired) electrons. The maximum Gasteiger partial charge on any atom is 0.224 e. The molecule has 3 rings (SSSR count). The maximum atomic E-state index is 11.9. The van der Waals surface area contributed by atoms with E-state index >= 15 is 0 Å². The lowest BCUT2D eigenvalue weighted by Crippen LogP contribution is -2.42. The number of aryl methyl sites for hydroxylation is 2. The highest BCUT2D eigenvalue weighted by Crippen LogP contribution is 2.22. The van der Waals surface area contributed by atoms with Crippen molar-refractivity contribution in [2.45, 2.75) is 26.7 Å². The molecule has 3 heterocycles. The van der Waals surface area contributed by atoms with E-state index in [0.717, 1.165) is 48.8 Å². The van der Waals surface area contributed by atoms with Crippen LogP contribution in [0.2, 0.25) is 0 Å². The van der Waals surface area contributed by atoms with Crippen LogP contribution in [0.25, 0.3) is 5.69 Å². The minimum atomic E-state index is 0.0474. The second-order valence-corrected chi connectivity index (χ2v) is 6.11. The molecule has 6 heteroatoms. The molecule has 1 amide bonds. The van der Waals surface area contributed by atoms with E-state index in [2.05, 4.69) is 20.3 Å². The second kappa shape index (κ2) is 6.40. The summed E-state index contributed by atoms with van der Waals surface area (Å²) in [6.45, 7) is 5.69. The third-order valence-electron chi connectivity index (χ3n) is 4.35. The molecule has 0 spiro atoms. The van der Waals surface area contributed by atoms with Gasteiger partial charge >= 0.3 is 0 Å². The fourth-order valence-corrected chi connectivity index (χ4v) is 3.18. The van der Waals surface area contributed by atoms with E-state index in [1.54, 1.807) is 7.05 Å². The molecule has 0 bridgehead atoms. The van der Waals surface area contributed by atoms with Crippen LogP contribution in [0.1, 0.15) is 24.2 Å². The minimum Gasteiger partial charge on any atom is -0.359 e. The number of aromatic nitrogens is 3. The predicted molar refractivity (Wildman–Crippen MR) is 89.8 cm³/mol. The number of carbonyl (C=O) groups excluding carboxylic acids is 1. The summed E-state index contributed by atoms with van der Waals surface area (Å²) in [6, 6.07) is 6.09. The highest BCUT2D eigenvalue weighted by atomic mass is 16.1. The molecule has 122 valence electrons. The number of piperidine rings is 1. The number of hydrogen-bond acceptors (Lipinski definition) is 4. The van der Waals surface area contributed by atoms with Crippen LogP contribution in [0.15, 0.2) is 24.4 Å². The largest absolute Gasteiger partial charge is 0.359 e. The average molecular weight is 313 g/mol. The Morgan fingerprint density at radius 2 is 2.17 bits per heavy atom. The Bertz CT molecular complexity index is 692. The molecule has 0 saturated carbocycles. The molecule has 1 fully saturated rings. The Labute approximate surface area is 136 Å². The van der Waals surface area contributed by atoms with Gasteiger partial charge in [0.1, 0.15) is 5.82 Å². The van der Waals surface area contributed by atoms with Crippen molar-refractivity contribution in [2.75, 3.05) is 25.0 Å². The van der Waals surface area contributed by atoms with E-state index in [1.807, 2.05) is 42.9 Å². The van der Waals surface area contributed by atoms with E-state index in [0.29, 0.717) is 0 Å². The molecule has 1 saturated heterocycles. The van der Waals surface area contributed by atoms with E-state index < -0.39 is 0 Å². The summed E-state index contributed by atoms with van der Waals surface area (Å²) < 4.78 is 1.90. The van der Waals surface area contributed by atoms with Crippen molar-refractivity contribution >= 4 is 11.7 Å². The highest BCUT2D eigenvalue weighted by molar-refractivity contribution is 5.79. The predicted octanol–water partition coefficient (Wildman–Crippen LogP) is 1.85. The van der Waals surface area contributed by atoms with Crippen LogP contribution in [-0.2, 0) is 4.79 Å². The standard InChI is InChI=1S/C17H23N5O/c1-12-9-13(2)22(20-12)15-6-7-16(19-10-15)21-8-4-5-14(11-21)17(23)18-3/h6-7,9-10,14H,4-5,8,11H2,1-3H3,(H,18,23)/t14-/m1/s1. The molecule has 1 N–H and O–H groups in total. The van der Waals surface area contributed by atoms with Gasteiger partial charge in [-0.05, 0) is 44.9 Å². The summed E-state index contributed by atoms with van der Waals surface area (Å²) >= 11 is 0. The number of anilines is 1. The highest BCUT2D eigenvalue weighted by Gasteiger charge is 2.25. The number of hydrogen-bond donors (Lipinski definition) is 1. The van der Waals surface area contributed by atoms with Gasteiger partial charge in [-0.25, -0.2) is 9.67 Å². The van der Waals surface area contributed by atoms with Gasteiger partial charge < -0.3 is 10.2 Å². The second-order valence-electron chi connectivity index (χ2n) is 6.11. The van der Waals surface area contributed by atoms with Gasteiger partial charge in [-0.3, -0.25) is 4.79 Å². The lowest BCUT2D eigenvalue weighted by Gasteiger charge is -2.32. The molecular formula is C17H23N5O. The Hall–Kier alpha value is -2.37. The SMILES string of the molecule is CNC(=O)[C@@H]1CCCN(c2ccc(-n3nc(C)cc3C)cn2)C1. The van der Waals surface area contributed by atoms with Gasteiger partial charge in [0.2, 0.25) is 5.91 Å². The summed E-state index contributed by atoms with van der Waals surface area (Å²) in [4.78, 5) is 18.6. The smallest absolute Gasteiger partial charge is 0.224 e. The van der Waals surface area contributed by atoms with Crippen LogP contribution in [0.4, 0.5) is 5.82 Å². The first-order valence-electron chi connectivity index (χ1n) is 8.04. The Morgan fingerprint density at radius 1 is 1.35 bits per heavy atom. The molecule has 0 aliphatic carbocycles. The van der Waals surface area contributed by atoms with Crippen molar-refractivity contribution in [1.29, 1.82) is 0 Å². The van der Waals surface area contributed by atoms with Crippen molar-refractivity contribution in [3.8, 4) is 5.69 Å². The van der Waals surface area contributed by atoms with Gasteiger partial charge in [-0.15, -0.1) is 0 Å². The first kappa shape index (κ1) is 15.5. The molecule has 1 aliphatic heterocycles. The number of pyridine rings is 1. The van der Waals surface area contributed by atoms with E-state index in [1.165, 1.54) is 0 Å². The van der Waals surface area contributed by atoms with E-state index in [-0.39, 0.29) is 11.8 Å². The average Bonchev–Trinajstić information content (AvgIpc) is 2.93. The fourth-order valence-electron chi connectivity index (χ4n) is 3.18. The summed E-state index contributed by atoms with van der Waals surface area (Å²) in [5, 5.41) is 7.23. The fraction of sp³-hybridized carbons (Fsp3) is 0.471. The first-order chi connectivity index (χ1) is 11.1. The van der Waals surface area contributed by atoms with Gasteiger partial charge in [-0.1, -0.05) is 0 Å². The number of carbonyl (C=O) groups is 1. The Kier molecular flexibility index (Phi) is 4.32. The van der Waals surface area contributed by atoms with Crippen molar-refractivity contribution in [2.24, 2.45) is 5.92 Å². The van der Waals surface area contributed by atoms with Crippen molar-refractivity contribution in [1.82, 2.24) is 20.1 Å². The third-order valence-corrected chi connectivity index (χ3v) is 4.35. The quantitative estimate of drug-likeness (QED) is 0.939. The summed E-state index contributed by atoms with van der Waals surface area (Å²) in [6.07, 6.45) is 3.80. The van der Waals surface area contributed by atoms with Gasteiger partial charge in [0.15, 0.2) is 0 Å². The van der Waals surface area contributed by atoms with Gasteiger partial charge in [0.05, 0.1) is 23.5 Å².